The van der Waals surface area contributed by atoms with Crippen molar-refractivity contribution in [2.75, 3.05) is 6.54 Å². The Balaban J connectivity index is 4.20. The molecule has 0 bridgehead atoms. The number of carbonyl (C=O) groups excluding carboxylic acids is 1. The van der Waals surface area contributed by atoms with Gasteiger partial charge in [-0.05, 0) is 17.8 Å². The van der Waals surface area contributed by atoms with Gasteiger partial charge in [-0.2, -0.15) is 0 Å². The van der Waals surface area contributed by atoms with Crippen molar-refractivity contribution in [3.05, 3.63) is 0 Å². The zero-order chi connectivity index (χ0) is 11.6. The monoisotopic (exact) mass is 200 g/mol. The molecular weight excluding hydrogens is 176 g/mol. The van der Waals surface area contributed by atoms with Crippen LogP contribution < -0.4 is 11.1 Å². The molecule has 3 nitrogen and oxygen atoms in total. The van der Waals surface area contributed by atoms with E-state index in [1.807, 2.05) is 0 Å². The maximum Gasteiger partial charge on any atom is 0.236 e. The maximum absolute atomic E-state index is 11.3. The Labute approximate surface area is 87.4 Å². The Morgan fingerprint density at radius 1 is 1.29 bits per heavy atom. The fourth-order valence-electron chi connectivity index (χ4n) is 0.734. The summed E-state index contributed by atoms with van der Waals surface area (Å²) in [5.41, 5.74) is 5.69. The highest BCUT2D eigenvalue weighted by Gasteiger charge is 2.32. The molecule has 0 spiro atoms. The molecule has 0 aromatic carbocycles. The van der Waals surface area contributed by atoms with Crippen LogP contribution in [0.3, 0.4) is 0 Å². The highest BCUT2D eigenvalue weighted by molar-refractivity contribution is 5.80. The van der Waals surface area contributed by atoms with Gasteiger partial charge < -0.3 is 11.1 Å². The lowest BCUT2D eigenvalue weighted by atomic mass is 9.69. The van der Waals surface area contributed by atoms with Crippen molar-refractivity contribution in [2.24, 2.45) is 16.6 Å². The first kappa shape index (κ1) is 13.4. The smallest absolute Gasteiger partial charge is 0.236 e. The van der Waals surface area contributed by atoms with Crippen molar-refractivity contribution >= 4 is 5.91 Å². The average molecular weight is 200 g/mol. The summed E-state index contributed by atoms with van der Waals surface area (Å²) in [5, 5.41) is 2.86. The van der Waals surface area contributed by atoms with Crippen LogP contribution in [0.25, 0.3) is 0 Å². The van der Waals surface area contributed by atoms with Crippen LogP contribution in [-0.2, 0) is 4.79 Å². The summed E-state index contributed by atoms with van der Waals surface area (Å²) in [7, 11) is 0. The standard InChI is InChI=1S/C11H24N2O/c1-8(12)9(14)13-7-11(5,6)10(2,3)4/h8H,7,12H2,1-6H3,(H,13,14). The molecule has 0 saturated carbocycles. The van der Waals surface area contributed by atoms with Crippen LogP contribution >= 0.6 is 0 Å². The Kier molecular flexibility index (Phi) is 4.13. The molecule has 0 radical (unpaired) electrons. The first-order valence-corrected chi connectivity index (χ1v) is 5.11. The van der Waals surface area contributed by atoms with E-state index < -0.39 is 6.04 Å². The van der Waals surface area contributed by atoms with Crippen molar-refractivity contribution < 1.29 is 4.79 Å². The van der Waals surface area contributed by atoms with Crippen LogP contribution in [0.15, 0.2) is 0 Å². The summed E-state index contributed by atoms with van der Waals surface area (Å²) in [6.07, 6.45) is 0. The summed E-state index contributed by atoms with van der Waals surface area (Å²) < 4.78 is 0. The zero-order valence-corrected chi connectivity index (χ0v) is 10.3. The molecule has 3 heteroatoms. The quantitative estimate of drug-likeness (QED) is 0.725. The maximum atomic E-state index is 11.3. The Morgan fingerprint density at radius 3 is 2.00 bits per heavy atom. The van der Waals surface area contributed by atoms with E-state index in [1.54, 1.807) is 6.92 Å². The molecule has 0 fully saturated rings. The van der Waals surface area contributed by atoms with Gasteiger partial charge in [0.1, 0.15) is 0 Å². The highest BCUT2D eigenvalue weighted by Crippen LogP contribution is 2.36. The first-order valence-electron chi connectivity index (χ1n) is 5.11. The molecule has 0 aliphatic heterocycles. The van der Waals surface area contributed by atoms with E-state index in [4.69, 9.17) is 5.73 Å². The summed E-state index contributed by atoms with van der Waals surface area (Å²) in [5.74, 6) is -0.0812. The Morgan fingerprint density at radius 2 is 1.71 bits per heavy atom. The van der Waals surface area contributed by atoms with E-state index in [2.05, 4.69) is 39.9 Å². The van der Waals surface area contributed by atoms with Gasteiger partial charge in [-0.1, -0.05) is 34.6 Å². The van der Waals surface area contributed by atoms with Gasteiger partial charge in [0.05, 0.1) is 6.04 Å². The number of rotatable bonds is 3. The summed E-state index contributed by atoms with van der Waals surface area (Å²) in [6.45, 7) is 13.2. The van der Waals surface area contributed by atoms with Crippen molar-refractivity contribution in [2.45, 2.75) is 47.6 Å². The minimum Gasteiger partial charge on any atom is -0.354 e. The molecule has 1 unspecified atom stereocenters. The number of hydrogen-bond donors (Lipinski definition) is 2. The van der Waals surface area contributed by atoms with Gasteiger partial charge in [0.15, 0.2) is 0 Å². The molecule has 0 aliphatic rings. The highest BCUT2D eigenvalue weighted by atomic mass is 16.2. The number of hydrogen-bond acceptors (Lipinski definition) is 2. The predicted molar refractivity (Wildman–Crippen MR) is 59.9 cm³/mol. The molecule has 0 aromatic rings. The zero-order valence-electron chi connectivity index (χ0n) is 10.3. The average Bonchev–Trinajstić information content (AvgIpc) is 1.97. The van der Waals surface area contributed by atoms with E-state index in [9.17, 15) is 4.79 Å². The molecule has 14 heavy (non-hydrogen) atoms. The van der Waals surface area contributed by atoms with E-state index in [0.29, 0.717) is 6.54 Å². The third kappa shape index (κ3) is 3.66. The van der Waals surface area contributed by atoms with Gasteiger partial charge in [-0.3, -0.25) is 4.79 Å². The molecule has 3 N–H and O–H groups in total. The molecular formula is C11H24N2O. The normalized spacial score (nSPS) is 15.1. The lowest BCUT2D eigenvalue weighted by Gasteiger charge is -2.39. The Hall–Kier alpha value is -0.570. The number of nitrogens with two attached hydrogens (primary N) is 1. The second kappa shape index (κ2) is 4.30. The van der Waals surface area contributed by atoms with Crippen LogP contribution in [-0.4, -0.2) is 18.5 Å². The molecule has 1 atom stereocenters. The van der Waals surface area contributed by atoms with Crippen LogP contribution in [0, 0.1) is 10.8 Å². The van der Waals surface area contributed by atoms with E-state index in [0.717, 1.165) is 0 Å². The second-order valence-corrected chi connectivity index (χ2v) is 5.64. The second-order valence-electron chi connectivity index (χ2n) is 5.64. The fraction of sp³-hybridized carbons (Fsp3) is 0.909. The van der Waals surface area contributed by atoms with Gasteiger partial charge in [0.25, 0.3) is 0 Å². The van der Waals surface area contributed by atoms with Crippen molar-refractivity contribution in [3.63, 3.8) is 0 Å². The van der Waals surface area contributed by atoms with Gasteiger partial charge in [-0.25, -0.2) is 0 Å². The number of nitrogens with one attached hydrogen (secondary N) is 1. The molecule has 0 aliphatic carbocycles. The predicted octanol–water partition coefficient (Wildman–Crippen LogP) is 1.52. The molecule has 84 valence electrons. The summed E-state index contributed by atoms with van der Waals surface area (Å²) >= 11 is 0. The van der Waals surface area contributed by atoms with Gasteiger partial charge in [-0.15, -0.1) is 0 Å². The summed E-state index contributed by atoms with van der Waals surface area (Å²) in [4.78, 5) is 11.3. The SMILES string of the molecule is CC(N)C(=O)NCC(C)(C)C(C)(C)C. The largest absolute Gasteiger partial charge is 0.354 e. The van der Waals surface area contributed by atoms with Crippen LogP contribution in [0.4, 0.5) is 0 Å². The topological polar surface area (TPSA) is 55.1 Å². The van der Waals surface area contributed by atoms with E-state index >= 15 is 0 Å². The van der Waals surface area contributed by atoms with Crippen LogP contribution in [0.1, 0.15) is 41.5 Å². The lowest BCUT2D eigenvalue weighted by molar-refractivity contribution is -0.122. The summed E-state index contributed by atoms with van der Waals surface area (Å²) in [6, 6.07) is -0.425. The molecule has 0 heterocycles. The van der Waals surface area contributed by atoms with Crippen LogP contribution in [0.2, 0.25) is 0 Å². The molecule has 1 amide bonds. The number of amides is 1. The Bertz CT molecular complexity index is 202. The molecule has 0 saturated heterocycles. The van der Waals surface area contributed by atoms with Crippen LogP contribution in [0.5, 0.6) is 0 Å². The van der Waals surface area contributed by atoms with Crippen molar-refractivity contribution in [1.82, 2.24) is 5.32 Å². The minimum absolute atomic E-state index is 0.0670. The van der Waals surface area contributed by atoms with Gasteiger partial charge in [0.2, 0.25) is 5.91 Å². The van der Waals surface area contributed by atoms with Gasteiger partial charge in [0, 0.05) is 6.54 Å². The third-order valence-corrected chi connectivity index (χ3v) is 3.15. The molecule has 0 rings (SSSR count). The third-order valence-electron chi connectivity index (χ3n) is 3.15. The first-order chi connectivity index (χ1) is 6.08. The van der Waals surface area contributed by atoms with E-state index in [-0.39, 0.29) is 16.7 Å². The lowest BCUT2D eigenvalue weighted by Crippen LogP contribution is -2.46. The van der Waals surface area contributed by atoms with E-state index in [1.165, 1.54) is 0 Å². The fourth-order valence-corrected chi connectivity index (χ4v) is 0.734. The molecule has 0 aromatic heterocycles. The van der Waals surface area contributed by atoms with Crippen molar-refractivity contribution in [3.8, 4) is 0 Å². The number of carbonyl (C=O) groups is 1. The minimum atomic E-state index is -0.425. The van der Waals surface area contributed by atoms with Gasteiger partial charge >= 0.3 is 0 Å². The van der Waals surface area contributed by atoms with Crippen molar-refractivity contribution in [1.29, 1.82) is 0 Å².